The molecule has 2 heterocycles. The van der Waals surface area contributed by atoms with Crippen LogP contribution in [0.4, 0.5) is 16.8 Å². The van der Waals surface area contributed by atoms with Crippen LogP contribution < -0.4 is 15.0 Å². The van der Waals surface area contributed by atoms with Gasteiger partial charge in [-0.15, -0.1) is 0 Å². The lowest BCUT2D eigenvalue weighted by Crippen LogP contribution is -2.07. The zero-order valence-electron chi connectivity index (χ0n) is 18.4. The van der Waals surface area contributed by atoms with Crippen molar-refractivity contribution in [2.75, 3.05) is 31.4 Å². The van der Waals surface area contributed by atoms with E-state index in [0.717, 1.165) is 44.0 Å². The van der Waals surface area contributed by atoms with E-state index in [-0.39, 0.29) is 0 Å². The quantitative estimate of drug-likeness (QED) is 0.406. The van der Waals surface area contributed by atoms with Crippen molar-refractivity contribution in [3.8, 4) is 27.6 Å². The molecule has 0 spiro atoms. The smallest absolute Gasteiger partial charge is 0.227 e. The van der Waals surface area contributed by atoms with Gasteiger partial charge in [0.25, 0.3) is 0 Å². The van der Waals surface area contributed by atoms with Gasteiger partial charge < -0.3 is 20.1 Å². The Morgan fingerprint density at radius 2 is 1.84 bits per heavy atom. The lowest BCUT2D eigenvalue weighted by Gasteiger charge is -2.10. The van der Waals surface area contributed by atoms with E-state index in [1.807, 2.05) is 73.6 Å². The van der Waals surface area contributed by atoms with Crippen molar-refractivity contribution in [2.24, 2.45) is 0 Å². The summed E-state index contributed by atoms with van der Waals surface area (Å²) in [6, 6.07) is 17.3. The summed E-state index contributed by atoms with van der Waals surface area (Å²) in [6.07, 6.45) is 1.19. The highest BCUT2D eigenvalue weighted by atomic mass is 32.1. The topological polar surface area (TPSA) is 83.4 Å². The third-order valence-electron chi connectivity index (χ3n) is 4.88. The fraction of sp³-hybridized carbons (Fsp3) is 0.208. The number of hydrogen-bond acceptors (Lipinski definition) is 8. The Bertz CT molecular complexity index is 1210. The van der Waals surface area contributed by atoms with E-state index in [0.29, 0.717) is 5.95 Å². The van der Waals surface area contributed by atoms with Gasteiger partial charge in [0.15, 0.2) is 5.13 Å². The molecule has 2 aromatic carbocycles. The largest absolute Gasteiger partial charge is 0.497 e. The van der Waals surface area contributed by atoms with Crippen LogP contribution in [0.5, 0.6) is 5.75 Å². The number of benzene rings is 2. The average molecular weight is 448 g/mol. The number of aliphatic hydroxyl groups is 1. The van der Waals surface area contributed by atoms with Gasteiger partial charge in [-0.2, -0.15) is 0 Å². The van der Waals surface area contributed by atoms with Crippen LogP contribution in [0.25, 0.3) is 21.8 Å². The molecule has 0 amide bonds. The van der Waals surface area contributed by atoms with Gasteiger partial charge in [-0.05, 0) is 55.0 Å². The fourth-order valence-electron chi connectivity index (χ4n) is 3.17. The lowest BCUT2D eigenvalue weighted by atomic mass is 10.1. The lowest BCUT2D eigenvalue weighted by molar-refractivity contribution is 0.199. The monoisotopic (exact) mass is 447 g/mol. The van der Waals surface area contributed by atoms with Crippen LogP contribution in [0.15, 0.2) is 60.8 Å². The first-order chi connectivity index (χ1) is 15.4. The maximum absolute atomic E-state index is 9.85. The van der Waals surface area contributed by atoms with Crippen molar-refractivity contribution in [1.29, 1.82) is 0 Å². The molecule has 0 bridgehead atoms. The summed E-state index contributed by atoms with van der Waals surface area (Å²) in [6.45, 7) is 1.74. The summed E-state index contributed by atoms with van der Waals surface area (Å²) in [5, 5.41) is 14.0. The highest BCUT2D eigenvalue weighted by molar-refractivity contribution is 7.19. The second-order valence-corrected chi connectivity index (χ2v) is 8.47. The van der Waals surface area contributed by atoms with E-state index < -0.39 is 6.10 Å². The molecule has 1 unspecified atom stereocenters. The van der Waals surface area contributed by atoms with Gasteiger partial charge in [-0.25, -0.2) is 15.0 Å². The van der Waals surface area contributed by atoms with Crippen molar-refractivity contribution in [3.63, 3.8) is 0 Å². The first kappa shape index (κ1) is 21.7. The second kappa shape index (κ2) is 9.33. The minimum absolute atomic E-state index is 0.478. The summed E-state index contributed by atoms with van der Waals surface area (Å²) in [5.74, 6) is 1.28. The number of hydrogen-bond donors (Lipinski definition) is 2. The maximum atomic E-state index is 9.85. The van der Waals surface area contributed by atoms with Crippen LogP contribution in [0, 0.1) is 0 Å². The van der Waals surface area contributed by atoms with E-state index in [9.17, 15) is 5.11 Å². The van der Waals surface area contributed by atoms with Crippen molar-refractivity contribution in [2.45, 2.75) is 13.0 Å². The summed E-state index contributed by atoms with van der Waals surface area (Å²) in [5.41, 5.74) is 4.27. The molecule has 4 rings (SSSR count). The molecule has 0 saturated heterocycles. The number of methoxy groups -OCH3 is 1. The van der Waals surface area contributed by atoms with Crippen molar-refractivity contribution in [1.82, 2.24) is 15.0 Å². The molecule has 32 heavy (non-hydrogen) atoms. The van der Waals surface area contributed by atoms with E-state index in [4.69, 9.17) is 14.7 Å². The van der Waals surface area contributed by atoms with Gasteiger partial charge in [-0.3, -0.25) is 0 Å². The Balaban J connectivity index is 1.71. The fourth-order valence-corrected chi connectivity index (χ4v) is 4.15. The van der Waals surface area contributed by atoms with Crippen LogP contribution in [0.2, 0.25) is 0 Å². The highest BCUT2D eigenvalue weighted by Gasteiger charge is 2.18. The molecule has 7 nitrogen and oxygen atoms in total. The van der Waals surface area contributed by atoms with E-state index in [1.54, 1.807) is 31.6 Å². The third-order valence-corrected chi connectivity index (χ3v) is 6.12. The van der Waals surface area contributed by atoms with Crippen molar-refractivity contribution < 1.29 is 9.84 Å². The van der Waals surface area contributed by atoms with Gasteiger partial charge in [0.05, 0.1) is 29.5 Å². The molecule has 0 fully saturated rings. The molecular weight excluding hydrogens is 422 g/mol. The number of rotatable bonds is 7. The highest BCUT2D eigenvalue weighted by Crippen LogP contribution is 2.39. The summed E-state index contributed by atoms with van der Waals surface area (Å²) >= 11 is 1.58. The van der Waals surface area contributed by atoms with Crippen molar-refractivity contribution in [3.05, 3.63) is 66.4 Å². The predicted molar refractivity (Wildman–Crippen MR) is 130 cm³/mol. The molecule has 164 valence electrons. The maximum Gasteiger partial charge on any atom is 0.227 e. The summed E-state index contributed by atoms with van der Waals surface area (Å²) < 4.78 is 5.29. The van der Waals surface area contributed by atoms with Crippen LogP contribution in [0.3, 0.4) is 0 Å². The number of thiazole rings is 1. The second-order valence-electron chi connectivity index (χ2n) is 7.49. The van der Waals surface area contributed by atoms with Gasteiger partial charge in [0.2, 0.25) is 5.95 Å². The van der Waals surface area contributed by atoms with Gasteiger partial charge in [0.1, 0.15) is 5.75 Å². The first-order valence-electron chi connectivity index (χ1n) is 10.2. The Morgan fingerprint density at radius 3 is 2.53 bits per heavy atom. The summed E-state index contributed by atoms with van der Waals surface area (Å²) in [4.78, 5) is 16.9. The number of nitrogens with one attached hydrogen (secondary N) is 1. The minimum atomic E-state index is -0.544. The number of aromatic nitrogens is 3. The van der Waals surface area contributed by atoms with E-state index >= 15 is 0 Å². The molecule has 2 aromatic heterocycles. The first-order valence-corrected chi connectivity index (χ1v) is 11.0. The molecule has 8 heteroatoms. The molecule has 0 aliphatic heterocycles. The van der Waals surface area contributed by atoms with E-state index in [2.05, 4.69) is 10.3 Å². The molecular formula is C24H25N5O2S. The molecule has 1 atom stereocenters. The number of anilines is 3. The molecule has 0 aliphatic rings. The van der Waals surface area contributed by atoms with Gasteiger partial charge in [-0.1, -0.05) is 23.5 Å². The Morgan fingerprint density at radius 1 is 1.06 bits per heavy atom. The summed E-state index contributed by atoms with van der Waals surface area (Å²) in [7, 11) is 5.60. The van der Waals surface area contributed by atoms with E-state index in [1.165, 1.54) is 0 Å². The Hall–Kier alpha value is -3.49. The van der Waals surface area contributed by atoms with Crippen LogP contribution in [0.1, 0.15) is 18.6 Å². The van der Waals surface area contributed by atoms with Gasteiger partial charge in [0, 0.05) is 31.5 Å². The molecule has 0 aliphatic carbocycles. The zero-order chi connectivity index (χ0) is 22.7. The van der Waals surface area contributed by atoms with Crippen molar-refractivity contribution >= 4 is 28.1 Å². The Kier molecular flexibility index (Phi) is 6.34. The van der Waals surface area contributed by atoms with Crippen LogP contribution in [-0.2, 0) is 0 Å². The average Bonchev–Trinajstić information content (AvgIpc) is 3.25. The standard InChI is InChI=1S/C24H25N5O2S/c1-15(30)17-6-5-7-18(14-17)26-23-25-13-12-20(27-23)22-21(28-24(32-22)29(2)3)16-8-10-19(31-4)11-9-16/h5-15,30H,1-4H3,(H,25,26,27). The molecule has 2 N–H and O–H groups in total. The Labute approximate surface area is 191 Å². The van der Waals surface area contributed by atoms with Gasteiger partial charge >= 0.3 is 0 Å². The molecule has 0 saturated carbocycles. The SMILES string of the molecule is COc1ccc(-c2nc(N(C)C)sc2-c2ccnc(Nc3cccc(C(C)O)c3)n2)cc1. The predicted octanol–water partition coefficient (Wildman–Crippen LogP) is 5.14. The normalized spacial score (nSPS) is 11.8. The number of ether oxygens (including phenoxy) is 1. The molecule has 4 aromatic rings. The number of nitrogens with zero attached hydrogens (tertiary/aromatic N) is 4. The number of aliphatic hydroxyl groups excluding tert-OH is 1. The third kappa shape index (κ3) is 4.71. The van der Waals surface area contributed by atoms with Crippen LogP contribution in [-0.4, -0.2) is 41.3 Å². The minimum Gasteiger partial charge on any atom is -0.497 e. The zero-order valence-corrected chi connectivity index (χ0v) is 19.2. The van der Waals surface area contributed by atoms with Crippen LogP contribution >= 0.6 is 11.3 Å². The molecule has 0 radical (unpaired) electrons.